The lowest BCUT2D eigenvalue weighted by Gasteiger charge is -2.58. The number of ether oxygens (including phenoxy) is 2. The average molecular weight is 1030 g/mol. The number of aromatic amines is 1. The fourth-order valence-electron chi connectivity index (χ4n) is 13.1. The van der Waals surface area contributed by atoms with Gasteiger partial charge >= 0.3 is 0 Å². The second-order valence-electron chi connectivity index (χ2n) is 23.1. The number of rotatable bonds is 12. The number of hydrogen-bond acceptors (Lipinski definition) is 14. The van der Waals surface area contributed by atoms with Crippen molar-refractivity contribution in [1.82, 2.24) is 19.6 Å². The Kier molecular flexibility index (Phi) is 13.2. The molecule has 5 N–H and O–H groups in total. The van der Waals surface area contributed by atoms with Gasteiger partial charge in [-0.1, -0.05) is 38.1 Å². The number of nitro benzene ring substituents is 1. The van der Waals surface area contributed by atoms with Crippen LogP contribution >= 0.6 is 0 Å². The number of fused-ring (bicyclic) bond motifs is 3. The minimum atomic E-state index is -4.63. The van der Waals surface area contributed by atoms with Crippen LogP contribution < -0.4 is 24.6 Å². The molecule has 1 spiro atoms. The molecule has 6 heterocycles. The highest BCUT2D eigenvalue weighted by Crippen LogP contribution is 2.55. The van der Waals surface area contributed by atoms with Crippen molar-refractivity contribution in [2.75, 3.05) is 54.5 Å². The number of aliphatic hydroxyl groups is 2. The van der Waals surface area contributed by atoms with E-state index in [0.29, 0.717) is 80.3 Å². The van der Waals surface area contributed by atoms with Crippen molar-refractivity contribution in [1.29, 1.82) is 0 Å². The number of benzene rings is 3. The average Bonchev–Trinajstić information content (AvgIpc) is 3.83. The van der Waals surface area contributed by atoms with E-state index in [1.54, 1.807) is 12.3 Å². The predicted molar refractivity (Wildman–Crippen MR) is 284 cm³/mol. The van der Waals surface area contributed by atoms with Crippen molar-refractivity contribution in [3.63, 3.8) is 0 Å². The lowest BCUT2D eigenvalue weighted by atomic mass is 9.59. The third-order valence-electron chi connectivity index (χ3n) is 17.5. The molecule has 1 amide bonds. The number of hydrogen-bond donors (Lipinski definition) is 5. The van der Waals surface area contributed by atoms with Gasteiger partial charge in [0.05, 0.1) is 44.9 Å². The Morgan fingerprint density at radius 3 is 2.45 bits per heavy atom. The number of anilines is 4. The molecule has 11 rings (SSSR count). The number of H-pyrrole nitrogens is 1. The van der Waals surface area contributed by atoms with Gasteiger partial charge in [-0.25, -0.2) is 13.1 Å². The van der Waals surface area contributed by atoms with E-state index in [4.69, 9.17) is 14.5 Å². The lowest BCUT2D eigenvalue weighted by Crippen LogP contribution is -2.58. The molecule has 2 aromatic heterocycles. The summed E-state index contributed by atoms with van der Waals surface area (Å²) in [7, 11) is -4.63. The molecule has 2 saturated carbocycles. The first-order valence-corrected chi connectivity index (χ1v) is 28.1. The van der Waals surface area contributed by atoms with E-state index >= 15 is 0 Å². The Morgan fingerprint density at radius 1 is 0.919 bits per heavy atom. The van der Waals surface area contributed by atoms with Gasteiger partial charge in [0.25, 0.3) is 21.6 Å². The maximum absolute atomic E-state index is 14.7. The maximum atomic E-state index is 14.7. The molecule has 6 aliphatic rings. The summed E-state index contributed by atoms with van der Waals surface area (Å²) in [6, 6.07) is 22.1. The van der Waals surface area contributed by atoms with E-state index in [1.165, 1.54) is 23.3 Å². The van der Waals surface area contributed by atoms with Crippen LogP contribution in [0.2, 0.25) is 0 Å². The Morgan fingerprint density at radius 2 is 1.69 bits per heavy atom. The number of carbonyl (C=O) groups excluding carboxylic acids is 1. The molecule has 17 nitrogen and oxygen atoms in total. The highest BCUT2D eigenvalue weighted by atomic mass is 32.2. The first kappa shape index (κ1) is 50.4. The molecule has 4 aliphatic heterocycles. The Labute approximate surface area is 433 Å². The fourth-order valence-corrected chi connectivity index (χ4v) is 14.1. The molecule has 3 aromatic carbocycles. The predicted octanol–water partition coefficient (Wildman–Crippen LogP) is 9.09. The molecule has 5 aromatic rings. The molecular weight excluding hydrogens is 961 g/mol. The SMILES string of the molecule is CC(C)c1ccccc1[C@H]1C[C@](C)(O)CCN1C1CC2(CCN(c3ccc(C(=O)NS(=O)(=O)c4ccc(NCC5CCC(C)(O)CC5)c([N+](=O)[O-])c4)c(N4c5cc6cc[nH]c6nc5O[C@H]5COCC[C@@H]54)c3)CC2)C1. The molecule has 2 aliphatic carbocycles. The highest BCUT2D eigenvalue weighted by Gasteiger charge is 2.51. The van der Waals surface area contributed by atoms with Crippen LogP contribution in [0.3, 0.4) is 0 Å². The number of pyridine rings is 1. The largest absolute Gasteiger partial charge is 0.468 e. The molecule has 0 radical (unpaired) electrons. The minimum Gasteiger partial charge on any atom is -0.468 e. The minimum absolute atomic E-state index is 0.105. The van der Waals surface area contributed by atoms with E-state index < -0.39 is 48.7 Å². The van der Waals surface area contributed by atoms with Crippen molar-refractivity contribution >= 4 is 55.4 Å². The number of piperidine rings is 2. The number of likely N-dealkylation sites (tertiary alicyclic amines) is 1. The molecule has 5 fully saturated rings. The third kappa shape index (κ3) is 9.83. The van der Waals surface area contributed by atoms with E-state index in [9.17, 15) is 33.5 Å². The van der Waals surface area contributed by atoms with Gasteiger partial charge in [-0.2, -0.15) is 4.98 Å². The Hall–Kier alpha value is -5.79. The van der Waals surface area contributed by atoms with E-state index in [2.05, 4.69) is 67.8 Å². The van der Waals surface area contributed by atoms with Gasteiger partial charge in [-0.3, -0.25) is 19.8 Å². The zero-order chi connectivity index (χ0) is 51.7. The second kappa shape index (κ2) is 19.4. The normalized spacial score (nSPS) is 27.3. The van der Waals surface area contributed by atoms with Crippen molar-refractivity contribution in [3.8, 4) is 5.88 Å². The Balaban J connectivity index is 0.865. The summed E-state index contributed by atoms with van der Waals surface area (Å²) in [5.41, 5.74) is 3.97. The summed E-state index contributed by atoms with van der Waals surface area (Å²) in [5.74, 6) is 0.0492. The van der Waals surface area contributed by atoms with Gasteiger partial charge in [-0.05, 0) is 155 Å². The summed E-state index contributed by atoms with van der Waals surface area (Å²) >= 11 is 0. The summed E-state index contributed by atoms with van der Waals surface area (Å²) in [6.45, 7) is 11.9. The number of nitrogens with zero attached hydrogens (tertiary/aromatic N) is 5. The summed E-state index contributed by atoms with van der Waals surface area (Å²) < 4.78 is 43.1. The van der Waals surface area contributed by atoms with E-state index in [0.717, 1.165) is 81.7 Å². The van der Waals surface area contributed by atoms with Crippen LogP contribution in [0.5, 0.6) is 5.88 Å². The van der Waals surface area contributed by atoms with Crippen LogP contribution in [0.15, 0.2) is 83.9 Å². The number of aromatic nitrogens is 2. The third-order valence-corrected chi connectivity index (χ3v) is 18.8. The van der Waals surface area contributed by atoms with Crippen molar-refractivity contribution in [3.05, 3.63) is 106 Å². The summed E-state index contributed by atoms with van der Waals surface area (Å²) in [4.78, 5) is 41.2. The molecule has 0 bridgehead atoms. The summed E-state index contributed by atoms with van der Waals surface area (Å²) in [6.07, 6.45) is 10.4. The van der Waals surface area contributed by atoms with Gasteiger partial charge in [0, 0.05) is 68.2 Å². The van der Waals surface area contributed by atoms with Crippen LogP contribution in [0, 0.1) is 21.4 Å². The van der Waals surface area contributed by atoms with E-state index in [-0.39, 0.29) is 34.7 Å². The van der Waals surface area contributed by atoms with Crippen LogP contribution in [-0.4, -0.2) is 113 Å². The number of sulfonamides is 1. The van der Waals surface area contributed by atoms with Crippen LogP contribution in [0.1, 0.15) is 132 Å². The van der Waals surface area contributed by atoms with Gasteiger partial charge in [0.2, 0.25) is 5.88 Å². The monoisotopic (exact) mass is 1030 g/mol. The highest BCUT2D eigenvalue weighted by molar-refractivity contribution is 7.90. The topological polar surface area (TPSA) is 216 Å². The number of nitrogens with one attached hydrogen (secondary N) is 3. The van der Waals surface area contributed by atoms with Crippen molar-refractivity contribution < 1.29 is 37.8 Å². The van der Waals surface area contributed by atoms with Crippen LogP contribution in [0.25, 0.3) is 11.0 Å². The van der Waals surface area contributed by atoms with E-state index in [1.807, 2.05) is 38.1 Å². The summed E-state index contributed by atoms with van der Waals surface area (Å²) in [5, 5.41) is 38.1. The fraction of sp³-hybridized carbons (Fsp3) is 0.536. The zero-order valence-corrected chi connectivity index (χ0v) is 43.7. The maximum Gasteiger partial charge on any atom is 0.293 e. The van der Waals surface area contributed by atoms with Crippen LogP contribution in [0.4, 0.5) is 28.4 Å². The number of carbonyl (C=O) groups is 1. The van der Waals surface area contributed by atoms with Gasteiger partial charge in [0.15, 0.2) is 0 Å². The van der Waals surface area contributed by atoms with Gasteiger partial charge in [0.1, 0.15) is 23.1 Å². The molecule has 3 saturated heterocycles. The molecular formula is C56H70N8O9S. The molecule has 74 heavy (non-hydrogen) atoms. The molecule has 4 atom stereocenters. The first-order valence-electron chi connectivity index (χ1n) is 26.6. The standard InChI is InChI=1S/C56H70N8O9S/c1-35(2)41-7-5-6-8-42(41)49-32-55(4,67)19-25-62(49)39-30-56(31-39)20-23-61(24-21-56)38-9-11-43(46(28-38)63-45-16-26-72-34-50(45)73-53-48(63)27-37-15-22-57-51(37)59-53)52(65)60-74(70,71)40-10-12-44(47(29-40)64(68)69)58-33-36-13-17-54(3,66)18-14-36/h5-12,15,22,27-29,35-36,39,45,49-50,58,66-67H,13-14,16-21,23-26,30-34H2,1-4H3,(H,57,59)(H,60,65)/t36?,45-,49+,50-,54?,55+/m0/s1. The molecule has 18 heteroatoms. The van der Waals surface area contributed by atoms with Crippen molar-refractivity contribution in [2.24, 2.45) is 11.3 Å². The first-order chi connectivity index (χ1) is 35.3. The lowest BCUT2D eigenvalue weighted by molar-refractivity contribution is -0.384. The van der Waals surface area contributed by atoms with Gasteiger partial charge < -0.3 is 39.8 Å². The number of amides is 1. The van der Waals surface area contributed by atoms with Crippen molar-refractivity contribution in [2.45, 2.75) is 145 Å². The van der Waals surface area contributed by atoms with Crippen LogP contribution in [-0.2, 0) is 14.8 Å². The zero-order valence-electron chi connectivity index (χ0n) is 42.9. The molecule has 0 unspecified atom stereocenters. The quantitative estimate of drug-likeness (QED) is 0.0582. The Bertz CT molecular complexity index is 3040. The second-order valence-corrected chi connectivity index (χ2v) is 24.8. The molecule has 394 valence electrons. The number of nitro groups is 1. The smallest absolute Gasteiger partial charge is 0.293 e. The van der Waals surface area contributed by atoms with Gasteiger partial charge in [-0.15, -0.1) is 0 Å².